The first-order valence-electron chi connectivity index (χ1n) is 11.4. The lowest BCUT2D eigenvalue weighted by atomic mass is 9.95. The molecule has 0 bridgehead atoms. The van der Waals surface area contributed by atoms with Gasteiger partial charge in [-0.15, -0.1) is 0 Å². The van der Waals surface area contributed by atoms with Crippen LogP contribution in [-0.4, -0.2) is 0 Å². The van der Waals surface area contributed by atoms with Gasteiger partial charge in [0.1, 0.15) is 0 Å². The van der Waals surface area contributed by atoms with Gasteiger partial charge in [0.05, 0.1) is 0 Å². The van der Waals surface area contributed by atoms with E-state index in [0.29, 0.717) is 5.92 Å². The quantitative estimate of drug-likeness (QED) is 0.290. The zero-order valence-electron chi connectivity index (χ0n) is 18.9. The summed E-state index contributed by atoms with van der Waals surface area (Å²) in [5, 5.41) is 0. The Hall–Kier alpha value is -3.12. The molecule has 0 aliphatic heterocycles. The van der Waals surface area contributed by atoms with Crippen LogP contribution in [0.4, 0.5) is 0 Å². The molecule has 0 aliphatic rings. The summed E-state index contributed by atoms with van der Waals surface area (Å²) in [5.41, 5.74) is 10.7. The summed E-state index contributed by atoms with van der Waals surface area (Å²) in [6.07, 6.45) is 3.15. The molecule has 0 saturated carbocycles. The first-order valence-corrected chi connectivity index (χ1v) is 11.4. The van der Waals surface area contributed by atoms with Crippen molar-refractivity contribution in [1.82, 2.24) is 0 Å². The Labute approximate surface area is 187 Å². The molecule has 0 heteroatoms. The lowest BCUT2D eigenvalue weighted by Crippen LogP contribution is -1.93. The minimum Gasteiger partial charge on any atom is -0.0648 e. The monoisotopic (exact) mass is 404 g/mol. The van der Waals surface area contributed by atoms with Crippen LogP contribution in [-0.2, 0) is 12.8 Å². The fourth-order valence-corrected chi connectivity index (χ4v) is 4.01. The highest BCUT2D eigenvalue weighted by Crippen LogP contribution is 2.23. The summed E-state index contributed by atoms with van der Waals surface area (Å²) >= 11 is 0. The Kier molecular flexibility index (Phi) is 6.67. The van der Waals surface area contributed by atoms with E-state index in [2.05, 4.69) is 118 Å². The lowest BCUT2D eigenvalue weighted by molar-refractivity contribution is 0.733. The second kappa shape index (κ2) is 9.79. The third-order valence-corrected chi connectivity index (χ3v) is 6.34. The van der Waals surface area contributed by atoms with E-state index >= 15 is 0 Å². The van der Waals surface area contributed by atoms with E-state index in [1.54, 1.807) is 0 Å². The van der Waals surface area contributed by atoms with Gasteiger partial charge in [-0.2, -0.15) is 0 Å². The fourth-order valence-electron chi connectivity index (χ4n) is 4.01. The Bertz CT molecular complexity index is 1080. The average Bonchev–Trinajstić information content (AvgIpc) is 2.82. The zero-order chi connectivity index (χ0) is 21.6. The fraction of sp³-hybridized carbons (Fsp3) is 0.226. The highest BCUT2D eigenvalue weighted by atomic mass is 14.1. The molecule has 156 valence electrons. The summed E-state index contributed by atoms with van der Waals surface area (Å²) < 4.78 is 0. The number of benzene rings is 4. The van der Waals surface area contributed by atoms with Crippen LogP contribution in [0, 0.1) is 6.92 Å². The van der Waals surface area contributed by atoms with Gasteiger partial charge in [-0.1, -0.05) is 116 Å². The Balaban J connectivity index is 1.40. The van der Waals surface area contributed by atoms with Crippen molar-refractivity contribution < 1.29 is 0 Å². The van der Waals surface area contributed by atoms with Crippen LogP contribution >= 0.6 is 0 Å². The smallest absolute Gasteiger partial charge is 0.00258 e. The molecule has 0 aliphatic carbocycles. The highest BCUT2D eigenvalue weighted by molar-refractivity contribution is 5.64. The third kappa shape index (κ3) is 5.52. The molecule has 0 amide bonds. The van der Waals surface area contributed by atoms with Gasteiger partial charge in [0.2, 0.25) is 0 Å². The van der Waals surface area contributed by atoms with Crippen molar-refractivity contribution in [2.75, 3.05) is 0 Å². The van der Waals surface area contributed by atoms with Gasteiger partial charge in [0.25, 0.3) is 0 Å². The van der Waals surface area contributed by atoms with Crippen molar-refractivity contribution in [3.63, 3.8) is 0 Å². The number of aryl methyl sites for hydroxylation is 1. The van der Waals surface area contributed by atoms with Crippen LogP contribution in [0.5, 0.6) is 0 Å². The molecule has 4 aromatic carbocycles. The molecule has 1 unspecified atom stereocenters. The topological polar surface area (TPSA) is 0 Å². The van der Waals surface area contributed by atoms with Crippen LogP contribution in [0.25, 0.3) is 11.1 Å². The molecule has 4 aromatic rings. The normalized spacial score (nSPS) is 12.0. The molecule has 1 atom stereocenters. The molecule has 0 radical (unpaired) electrons. The van der Waals surface area contributed by atoms with Crippen LogP contribution < -0.4 is 0 Å². The highest BCUT2D eigenvalue weighted by Gasteiger charge is 2.04. The van der Waals surface area contributed by atoms with E-state index in [9.17, 15) is 0 Å². The van der Waals surface area contributed by atoms with E-state index in [1.807, 2.05) is 0 Å². The minimum atomic E-state index is 0.636. The second-order valence-corrected chi connectivity index (χ2v) is 8.78. The van der Waals surface area contributed by atoms with Gasteiger partial charge in [-0.05, 0) is 71.0 Å². The van der Waals surface area contributed by atoms with Gasteiger partial charge in [0, 0.05) is 0 Å². The number of hydrogen-bond acceptors (Lipinski definition) is 0. The van der Waals surface area contributed by atoms with E-state index in [1.165, 1.54) is 50.9 Å². The van der Waals surface area contributed by atoms with E-state index in [-0.39, 0.29) is 0 Å². The van der Waals surface area contributed by atoms with Gasteiger partial charge in [0.15, 0.2) is 0 Å². The summed E-state index contributed by atoms with van der Waals surface area (Å²) in [5.74, 6) is 0.636. The molecule has 0 heterocycles. The number of rotatable bonds is 7. The molecule has 0 spiro atoms. The van der Waals surface area contributed by atoms with Crippen molar-refractivity contribution in [2.45, 2.75) is 46.0 Å². The molecule has 0 saturated heterocycles. The van der Waals surface area contributed by atoms with Crippen LogP contribution in [0.15, 0.2) is 97.1 Å². The molecule has 0 nitrogen and oxygen atoms in total. The SMILES string of the molecule is CCC(C)c1ccc(Cc2ccc(-c3ccc(Cc4ccc(C)cc4)cc3)cc2)cc1. The maximum absolute atomic E-state index is 2.29. The van der Waals surface area contributed by atoms with Gasteiger partial charge in [-0.25, -0.2) is 0 Å². The predicted molar refractivity (Wildman–Crippen MR) is 134 cm³/mol. The van der Waals surface area contributed by atoms with Crippen molar-refractivity contribution in [3.05, 3.63) is 130 Å². The first kappa shape index (κ1) is 21.1. The first-order chi connectivity index (χ1) is 15.1. The Morgan fingerprint density at radius 1 is 0.516 bits per heavy atom. The average molecular weight is 405 g/mol. The molecular weight excluding hydrogens is 372 g/mol. The Morgan fingerprint density at radius 2 is 0.871 bits per heavy atom. The van der Waals surface area contributed by atoms with E-state index < -0.39 is 0 Å². The van der Waals surface area contributed by atoms with Gasteiger partial charge >= 0.3 is 0 Å². The lowest BCUT2D eigenvalue weighted by Gasteiger charge is -2.10. The molecular formula is C31H32. The van der Waals surface area contributed by atoms with Gasteiger partial charge in [-0.3, -0.25) is 0 Å². The molecule has 0 aromatic heterocycles. The maximum atomic E-state index is 2.29. The summed E-state index contributed by atoms with van der Waals surface area (Å²) in [6, 6.07) is 36.0. The van der Waals surface area contributed by atoms with Crippen molar-refractivity contribution >= 4 is 0 Å². The molecule has 31 heavy (non-hydrogen) atoms. The van der Waals surface area contributed by atoms with Gasteiger partial charge < -0.3 is 0 Å². The van der Waals surface area contributed by atoms with E-state index in [0.717, 1.165) is 12.8 Å². The summed E-state index contributed by atoms with van der Waals surface area (Å²) in [6.45, 7) is 6.67. The predicted octanol–water partition coefficient (Wildman–Crippen LogP) is 8.36. The largest absolute Gasteiger partial charge is 0.0648 e. The molecule has 4 rings (SSSR count). The number of hydrogen-bond donors (Lipinski definition) is 0. The van der Waals surface area contributed by atoms with Crippen LogP contribution in [0.1, 0.15) is 59.6 Å². The van der Waals surface area contributed by atoms with E-state index in [4.69, 9.17) is 0 Å². The minimum absolute atomic E-state index is 0.636. The van der Waals surface area contributed by atoms with Crippen molar-refractivity contribution in [1.29, 1.82) is 0 Å². The molecule has 0 fully saturated rings. The Morgan fingerprint density at radius 3 is 1.26 bits per heavy atom. The van der Waals surface area contributed by atoms with Crippen molar-refractivity contribution in [3.8, 4) is 11.1 Å². The maximum Gasteiger partial charge on any atom is -0.00258 e. The summed E-state index contributed by atoms with van der Waals surface area (Å²) in [7, 11) is 0. The molecule has 0 N–H and O–H groups in total. The summed E-state index contributed by atoms with van der Waals surface area (Å²) in [4.78, 5) is 0. The van der Waals surface area contributed by atoms with Crippen molar-refractivity contribution in [2.24, 2.45) is 0 Å². The van der Waals surface area contributed by atoms with Crippen LogP contribution in [0.2, 0.25) is 0 Å². The van der Waals surface area contributed by atoms with Crippen LogP contribution in [0.3, 0.4) is 0 Å². The zero-order valence-corrected chi connectivity index (χ0v) is 18.9. The standard InChI is InChI=1S/C31H32/c1-4-24(3)29-15-9-26(10-16-29)22-28-13-19-31(20-14-28)30-17-11-27(12-18-30)21-25-7-5-23(2)6-8-25/h5-20,24H,4,21-22H2,1-3H3. The second-order valence-electron chi connectivity index (χ2n) is 8.78. The third-order valence-electron chi connectivity index (χ3n) is 6.34.